The molecule has 2 aromatic heterocycles. The van der Waals surface area contributed by atoms with E-state index < -0.39 is 0 Å². The quantitative estimate of drug-likeness (QED) is 0.830. The van der Waals surface area contributed by atoms with Crippen molar-refractivity contribution in [1.29, 1.82) is 0 Å². The number of nitrogens with zero attached hydrogens (tertiary/aromatic N) is 6. The molecule has 1 fully saturated rings. The number of aryl methyl sites for hydroxylation is 1. The van der Waals surface area contributed by atoms with E-state index in [0.717, 1.165) is 43.5 Å². The molecule has 0 amide bonds. The zero-order valence-corrected chi connectivity index (χ0v) is 12.2. The predicted molar refractivity (Wildman–Crippen MR) is 79.8 cm³/mol. The van der Waals surface area contributed by atoms with E-state index in [1.165, 1.54) is 6.33 Å². The first kappa shape index (κ1) is 13.5. The molecule has 0 bridgehead atoms. The van der Waals surface area contributed by atoms with Gasteiger partial charge in [0.2, 0.25) is 5.88 Å². The summed E-state index contributed by atoms with van der Waals surface area (Å²) >= 11 is 0. The summed E-state index contributed by atoms with van der Waals surface area (Å²) in [5.41, 5.74) is 0.989. The highest BCUT2D eigenvalue weighted by Gasteiger charge is 2.19. The van der Waals surface area contributed by atoms with E-state index in [0.29, 0.717) is 5.88 Å². The van der Waals surface area contributed by atoms with E-state index in [9.17, 15) is 0 Å². The number of hydrogen-bond acceptors (Lipinski definition) is 7. The van der Waals surface area contributed by atoms with Gasteiger partial charge in [-0.2, -0.15) is 0 Å². The van der Waals surface area contributed by atoms with Crippen LogP contribution in [0.4, 0.5) is 11.6 Å². The van der Waals surface area contributed by atoms with E-state index in [1.807, 2.05) is 19.1 Å². The number of methoxy groups -OCH3 is 1. The molecule has 7 heteroatoms. The molecule has 0 radical (unpaired) electrons. The molecule has 3 heterocycles. The Balaban J connectivity index is 1.67. The van der Waals surface area contributed by atoms with Gasteiger partial charge in [0.05, 0.1) is 7.11 Å². The lowest BCUT2D eigenvalue weighted by Gasteiger charge is -2.36. The van der Waals surface area contributed by atoms with Crippen LogP contribution in [0.5, 0.6) is 5.88 Å². The Bertz CT molecular complexity index is 612. The van der Waals surface area contributed by atoms with Crippen LogP contribution in [0.25, 0.3) is 0 Å². The fourth-order valence-electron chi connectivity index (χ4n) is 2.39. The Morgan fingerprint density at radius 1 is 0.857 bits per heavy atom. The molecule has 0 spiro atoms. The highest BCUT2D eigenvalue weighted by Crippen LogP contribution is 2.19. The Labute approximate surface area is 123 Å². The van der Waals surface area contributed by atoms with Crippen molar-refractivity contribution in [2.45, 2.75) is 6.92 Å². The molecule has 3 rings (SSSR count). The molecule has 0 aromatic carbocycles. The first-order valence-electron chi connectivity index (χ1n) is 6.91. The van der Waals surface area contributed by atoms with Crippen LogP contribution in [0, 0.1) is 6.92 Å². The van der Waals surface area contributed by atoms with Crippen LogP contribution in [-0.2, 0) is 0 Å². The summed E-state index contributed by atoms with van der Waals surface area (Å²) in [6.07, 6.45) is 3.15. The minimum Gasteiger partial charge on any atom is -0.481 e. The number of hydrogen-bond donors (Lipinski definition) is 0. The van der Waals surface area contributed by atoms with Gasteiger partial charge in [-0.1, -0.05) is 0 Å². The maximum absolute atomic E-state index is 5.14. The van der Waals surface area contributed by atoms with Gasteiger partial charge in [0.15, 0.2) is 0 Å². The van der Waals surface area contributed by atoms with Gasteiger partial charge >= 0.3 is 0 Å². The van der Waals surface area contributed by atoms with Crippen LogP contribution in [0.15, 0.2) is 24.8 Å². The van der Waals surface area contributed by atoms with Gasteiger partial charge in [-0.25, -0.2) is 19.9 Å². The summed E-state index contributed by atoms with van der Waals surface area (Å²) in [4.78, 5) is 21.3. The first-order chi connectivity index (χ1) is 10.3. The summed E-state index contributed by atoms with van der Waals surface area (Å²) in [5, 5.41) is 0. The lowest BCUT2D eigenvalue weighted by molar-refractivity contribution is 0.396. The SMILES string of the molecule is COc1cc(N2CCN(c3cc(C)ncn3)CC2)ncn1. The molecule has 2 aromatic rings. The van der Waals surface area contributed by atoms with Crippen molar-refractivity contribution in [3.05, 3.63) is 30.5 Å². The van der Waals surface area contributed by atoms with E-state index in [2.05, 4.69) is 29.7 Å². The molecule has 1 aliphatic rings. The average Bonchev–Trinajstić information content (AvgIpc) is 2.55. The number of aromatic nitrogens is 4. The first-order valence-corrected chi connectivity index (χ1v) is 6.91. The standard InChI is InChI=1S/C14H18N6O/c1-11-7-12(16-9-15-11)19-3-5-20(6-4-19)13-8-14(21-2)18-10-17-13/h7-10H,3-6H2,1-2H3. The molecule has 0 atom stereocenters. The topological polar surface area (TPSA) is 67.3 Å². The number of ether oxygens (including phenoxy) is 1. The van der Waals surface area contributed by atoms with Gasteiger partial charge in [0.25, 0.3) is 0 Å². The Kier molecular flexibility index (Phi) is 3.81. The van der Waals surface area contributed by atoms with Crippen LogP contribution in [-0.4, -0.2) is 53.2 Å². The zero-order chi connectivity index (χ0) is 14.7. The third-order valence-electron chi connectivity index (χ3n) is 3.55. The Hall–Kier alpha value is -2.44. The Morgan fingerprint density at radius 2 is 1.43 bits per heavy atom. The second-order valence-electron chi connectivity index (χ2n) is 4.91. The van der Waals surface area contributed by atoms with Gasteiger partial charge < -0.3 is 14.5 Å². The lowest BCUT2D eigenvalue weighted by atomic mass is 10.3. The highest BCUT2D eigenvalue weighted by molar-refractivity contribution is 5.45. The summed E-state index contributed by atoms with van der Waals surface area (Å²) in [7, 11) is 1.61. The normalized spacial score (nSPS) is 15.1. The molecule has 1 saturated heterocycles. The highest BCUT2D eigenvalue weighted by atomic mass is 16.5. The third-order valence-corrected chi connectivity index (χ3v) is 3.55. The van der Waals surface area contributed by atoms with Gasteiger partial charge in [-0.15, -0.1) is 0 Å². The largest absolute Gasteiger partial charge is 0.481 e. The van der Waals surface area contributed by atoms with Crippen molar-refractivity contribution in [2.75, 3.05) is 43.1 Å². The smallest absolute Gasteiger partial charge is 0.218 e. The van der Waals surface area contributed by atoms with E-state index >= 15 is 0 Å². The molecular weight excluding hydrogens is 268 g/mol. The Morgan fingerprint density at radius 3 is 2.00 bits per heavy atom. The molecule has 21 heavy (non-hydrogen) atoms. The maximum Gasteiger partial charge on any atom is 0.218 e. The summed E-state index contributed by atoms with van der Waals surface area (Å²) < 4.78 is 5.14. The summed E-state index contributed by atoms with van der Waals surface area (Å²) in [6, 6.07) is 3.88. The van der Waals surface area contributed by atoms with Gasteiger partial charge in [-0.05, 0) is 6.92 Å². The second-order valence-corrected chi connectivity index (χ2v) is 4.91. The fourth-order valence-corrected chi connectivity index (χ4v) is 2.39. The van der Waals surface area contributed by atoms with Crippen molar-refractivity contribution in [1.82, 2.24) is 19.9 Å². The minimum atomic E-state index is 0.592. The van der Waals surface area contributed by atoms with Crippen molar-refractivity contribution < 1.29 is 4.74 Å². The van der Waals surface area contributed by atoms with Crippen LogP contribution < -0.4 is 14.5 Å². The lowest BCUT2D eigenvalue weighted by Crippen LogP contribution is -2.47. The van der Waals surface area contributed by atoms with Crippen LogP contribution >= 0.6 is 0 Å². The molecule has 0 aliphatic carbocycles. The van der Waals surface area contributed by atoms with Gasteiger partial charge in [0.1, 0.15) is 24.3 Å². The number of rotatable bonds is 3. The second kappa shape index (κ2) is 5.90. The predicted octanol–water partition coefficient (Wildman–Crippen LogP) is 0.910. The summed E-state index contributed by atoms with van der Waals surface area (Å²) in [6.45, 7) is 5.58. The van der Waals surface area contributed by atoms with Crippen LogP contribution in [0.3, 0.4) is 0 Å². The molecule has 0 unspecified atom stereocenters. The molecule has 110 valence electrons. The molecule has 1 aliphatic heterocycles. The zero-order valence-electron chi connectivity index (χ0n) is 12.2. The van der Waals surface area contributed by atoms with E-state index in [-0.39, 0.29) is 0 Å². The molecule has 0 N–H and O–H groups in total. The van der Waals surface area contributed by atoms with Crippen molar-refractivity contribution in [3.63, 3.8) is 0 Å². The maximum atomic E-state index is 5.14. The fraction of sp³-hybridized carbons (Fsp3) is 0.429. The van der Waals surface area contributed by atoms with Crippen molar-refractivity contribution in [3.8, 4) is 5.88 Å². The number of anilines is 2. The molecular formula is C14H18N6O. The minimum absolute atomic E-state index is 0.592. The number of piperazine rings is 1. The average molecular weight is 286 g/mol. The third kappa shape index (κ3) is 3.01. The molecule has 7 nitrogen and oxygen atoms in total. The van der Waals surface area contributed by atoms with E-state index in [1.54, 1.807) is 13.4 Å². The summed E-state index contributed by atoms with van der Waals surface area (Å²) in [5.74, 6) is 2.48. The molecule has 0 saturated carbocycles. The van der Waals surface area contributed by atoms with Crippen molar-refractivity contribution >= 4 is 11.6 Å². The van der Waals surface area contributed by atoms with E-state index in [4.69, 9.17) is 4.74 Å². The van der Waals surface area contributed by atoms with Crippen molar-refractivity contribution in [2.24, 2.45) is 0 Å². The van der Waals surface area contributed by atoms with Gasteiger partial charge in [-0.3, -0.25) is 0 Å². The van der Waals surface area contributed by atoms with Gasteiger partial charge in [0, 0.05) is 44.0 Å². The van der Waals surface area contributed by atoms with Crippen LogP contribution in [0.2, 0.25) is 0 Å². The van der Waals surface area contributed by atoms with Crippen LogP contribution in [0.1, 0.15) is 5.69 Å². The monoisotopic (exact) mass is 286 g/mol.